The molecule has 0 spiro atoms. The number of thiophene rings is 1. The summed E-state index contributed by atoms with van der Waals surface area (Å²) >= 11 is 15.2. The van der Waals surface area contributed by atoms with Gasteiger partial charge in [-0.2, -0.15) is 0 Å². The topological polar surface area (TPSA) is 0 Å². The minimum atomic E-state index is 0.569. The van der Waals surface area contributed by atoms with Gasteiger partial charge in [-0.15, -0.1) is 11.3 Å². The summed E-state index contributed by atoms with van der Waals surface area (Å²) in [5, 5.41) is 3.98. The zero-order chi connectivity index (χ0) is 13.0. The summed E-state index contributed by atoms with van der Waals surface area (Å²) in [4.78, 5) is 1.41. The monoisotopic (exact) mass is 406 g/mol. The van der Waals surface area contributed by atoms with E-state index in [4.69, 9.17) is 11.6 Å². The molecule has 1 aromatic carbocycles. The van der Waals surface area contributed by atoms with Crippen molar-refractivity contribution in [3.8, 4) is 0 Å². The Morgan fingerprint density at radius 2 is 1.94 bits per heavy atom. The third-order valence-electron chi connectivity index (χ3n) is 2.85. The van der Waals surface area contributed by atoms with Crippen LogP contribution < -0.4 is 0 Å². The molecule has 4 heteroatoms. The van der Waals surface area contributed by atoms with Gasteiger partial charge in [-0.3, -0.25) is 0 Å². The number of halogens is 3. The largest absolute Gasteiger partial charge is 0.148 e. The molecule has 0 saturated carbocycles. The SMILES string of the molecule is Clc1ccccc1CC(CBr)Cc1sccc1Br. The zero-order valence-corrected chi connectivity index (χ0v) is 14.4. The summed E-state index contributed by atoms with van der Waals surface area (Å²) in [6.07, 6.45) is 2.09. The molecule has 1 aromatic heterocycles. The molecule has 0 bridgehead atoms. The molecule has 2 rings (SSSR count). The highest BCUT2D eigenvalue weighted by Crippen LogP contribution is 2.28. The lowest BCUT2D eigenvalue weighted by Gasteiger charge is -2.14. The molecule has 0 aliphatic heterocycles. The van der Waals surface area contributed by atoms with Gasteiger partial charge in [-0.05, 0) is 57.8 Å². The maximum Gasteiger partial charge on any atom is 0.0438 e. The first-order valence-corrected chi connectivity index (χ1v) is 8.89. The molecule has 1 atom stereocenters. The zero-order valence-electron chi connectivity index (χ0n) is 9.70. The van der Waals surface area contributed by atoms with E-state index in [2.05, 4.69) is 49.4 Å². The van der Waals surface area contributed by atoms with Crippen LogP contribution in [0.5, 0.6) is 0 Å². The van der Waals surface area contributed by atoms with Crippen molar-refractivity contribution < 1.29 is 0 Å². The van der Waals surface area contributed by atoms with Crippen molar-refractivity contribution in [1.29, 1.82) is 0 Å². The van der Waals surface area contributed by atoms with Crippen molar-refractivity contribution in [3.63, 3.8) is 0 Å². The number of benzene rings is 1. The normalized spacial score (nSPS) is 12.6. The number of hydrogen-bond donors (Lipinski definition) is 0. The summed E-state index contributed by atoms with van der Waals surface area (Å²) in [7, 11) is 0. The van der Waals surface area contributed by atoms with Crippen LogP contribution in [0.2, 0.25) is 5.02 Å². The first kappa shape index (κ1) is 14.6. The summed E-state index contributed by atoms with van der Waals surface area (Å²) in [5.74, 6) is 0.569. The van der Waals surface area contributed by atoms with Crippen molar-refractivity contribution in [3.05, 3.63) is 55.6 Å². The Hall–Kier alpha value is 0.170. The fourth-order valence-corrected chi connectivity index (χ4v) is 4.19. The van der Waals surface area contributed by atoms with Crippen LogP contribution >= 0.6 is 54.8 Å². The Bertz CT molecular complexity index is 510. The molecule has 96 valence electrons. The lowest BCUT2D eigenvalue weighted by molar-refractivity contribution is 0.595. The van der Waals surface area contributed by atoms with Gasteiger partial charge in [0.15, 0.2) is 0 Å². The van der Waals surface area contributed by atoms with Gasteiger partial charge in [0.25, 0.3) is 0 Å². The van der Waals surface area contributed by atoms with Crippen LogP contribution in [0.25, 0.3) is 0 Å². The summed E-state index contributed by atoms with van der Waals surface area (Å²) in [5.41, 5.74) is 1.23. The smallest absolute Gasteiger partial charge is 0.0438 e. The quantitative estimate of drug-likeness (QED) is 0.536. The van der Waals surface area contributed by atoms with E-state index in [-0.39, 0.29) is 0 Å². The van der Waals surface area contributed by atoms with Gasteiger partial charge in [0.2, 0.25) is 0 Å². The average Bonchev–Trinajstić information content (AvgIpc) is 2.77. The second kappa shape index (κ2) is 7.09. The summed E-state index contributed by atoms with van der Waals surface area (Å²) < 4.78 is 1.22. The summed E-state index contributed by atoms with van der Waals surface area (Å²) in [6, 6.07) is 10.2. The van der Waals surface area contributed by atoms with Crippen molar-refractivity contribution >= 4 is 54.8 Å². The molecule has 0 saturated heterocycles. The minimum Gasteiger partial charge on any atom is -0.148 e. The molecule has 0 N–H and O–H groups in total. The Labute approximate surface area is 134 Å². The molecule has 0 radical (unpaired) electrons. The molecule has 18 heavy (non-hydrogen) atoms. The molecule has 0 aliphatic rings. The van der Waals surface area contributed by atoms with Gasteiger partial charge in [-0.25, -0.2) is 0 Å². The standard InChI is InChI=1S/C14H13Br2ClS/c15-9-10(8-14-12(16)5-6-18-14)7-11-3-1-2-4-13(11)17/h1-6,10H,7-9H2. The molecular formula is C14H13Br2ClS. The minimum absolute atomic E-state index is 0.569. The average molecular weight is 409 g/mol. The molecular weight excluding hydrogens is 395 g/mol. The Morgan fingerprint density at radius 1 is 1.17 bits per heavy atom. The molecule has 0 fully saturated rings. The fourth-order valence-electron chi connectivity index (χ4n) is 1.89. The predicted molar refractivity (Wildman–Crippen MR) is 88.2 cm³/mol. The van der Waals surface area contributed by atoms with E-state index >= 15 is 0 Å². The van der Waals surface area contributed by atoms with Crippen molar-refractivity contribution in [2.75, 3.05) is 5.33 Å². The van der Waals surface area contributed by atoms with E-state index in [0.717, 1.165) is 23.2 Å². The van der Waals surface area contributed by atoms with Gasteiger partial charge in [0.1, 0.15) is 0 Å². The first-order chi connectivity index (χ1) is 8.70. The second-order valence-electron chi connectivity index (χ2n) is 4.21. The van der Waals surface area contributed by atoms with E-state index in [1.165, 1.54) is 14.9 Å². The molecule has 2 aromatic rings. The highest BCUT2D eigenvalue weighted by atomic mass is 79.9. The lowest BCUT2D eigenvalue weighted by atomic mass is 9.97. The highest BCUT2D eigenvalue weighted by molar-refractivity contribution is 9.10. The van der Waals surface area contributed by atoms with E-state index in [0.29, 0.717) is 5.92 Å². The third kappa shape index (κ3) is 3.83. The first-order valence-electron chi connectivity index (χ1n) is 5.72. The van der Waals surface area contributed by atoms with Crippen LogP contribution in [-0.2, 0) is 12.8 Å². The molecule has 1 unspecified atom stereocenters. The van der Waals surface area contributed by atoms with E-state index < -0.39 is 0 Å². The predicted octanol–water partition coefficient (Wildman–Crippen LogP) is 5.96. The van der Waals surface area contributed by atoms with Crippen molar-refractivity contribution in [1.82, 2.24) is 0 Å². The lowest BCUT2D eigenvalue weighted by Crippen LogP contribution is -2.09. The van der Waals surface area contributed by atoms with Crippen LogP contribution in [0, 0.1) is 5.92 Å². The number of hydrogen-bond acceptors (Lipinski definition) is 1. The maximum absolute atomic E-state index is 6.22. The fraction of sp³-hybridized carbons (Fsp3) is 0.286. The van der Waals surface area contributed by atoms with Crippen LogP contribution in [0.3, 0.4) is 0 Å². The van der Waals surface area contributed by atoms with E-state index in [1.807, 2.05) is 29.5 Å². The van der Waals surface area contributed by atoms with Gasteiger partial charge >= 0.3 is 0 Å². The second-order valence-corrected chi connectivity index (χ2v) is 7.12. The Balaban J connectivity index is 2.06. The number of rotatable bonds is 5. The van der Waals surface area contributed by atoms with E-state index in [9.17, 15) is 0 Å². The van der Waals surface area contributed by atoms with Gasteiger partial charge < -0.3 is 0 Å². The van der Waals surface area contributed by atoms with Gasteiger partial charge in [0, 0.05) is 19.7 Å². The molecule has 0 aliphatic carbocycles. The molecule has 0 amide bonds. The van der Waals surface area contributed by atoms with E-state index in [1.54, 1.807) is 0 Å². The van der Waals surface area contributed by atoms with Crippen molar-refractivity contribution in [2.24, 2.45) is 5.92 Å². The van der Waals surface area contributed by atoms with Gasteiger partial charge in [0.05, 0.1) is 0 Å². The third-order valence-corrected chi connectivity index (χ3v) is 6.08. The molecule has 0 nitrogen and oxygen atoms in total. The molecule has 1 heterocycles. The van der Waals surface area contributed by atoms with Crippen LogP contribution in [0.15, 0.2) is 40.2 Å². The summed E-state index contributed by atoms with van der Waals surface area (Å²) in [6.45, 7) is 0. The highest BCUT2D eigenvalue weighted by Gasteiger charge is 2.13. The van der Waals surface area contributed by atoms with Crippen molar-refractivity contribution in [2.45, 2.75) is 12.8 Å². The Morgan fingerprint density at radius 3 is 2.56 bits per heavy atom. The van der Waals surface area contributed by atoms with Gasteiger partial charge in [-0.1, -0.05) is 45.7 Å². The van der Waals surface area contributed by atoms with Crippen LogP contribution in [0.4, 0.5) is 0 Å². The van der Waals surface area contributed by atoms with Crippen LogP contribution in [-0.4, -0.2) is 5.33 Å². The number of alkyl halides is 1. The maximum atomic E-state index is 6.22. The Kier molecular flexibility index (Phi) is 5.74. The van der Waals surface area contributed by atoms with Crippen LogP contribution in [0.1, 0.15) is 10.4 Å².